The first-order valence-corrected chi connectivity index (χ1v) is 12.3. The molecule has 2 N–H and O–H groups in total. The summed E-state index contributed by atoms with van der Waals surface area (Å²) in [6.45, 7) is 7.38. The topological polar surface area (TPSA) is 66.6 Å². The predicted octanol–water partition coefficient (Wildman–Crippen LogP) is 7.45. The van der Waals surface area contributed by atoms with Crippen LogP contribution in [0.3, 0.4) is 0 Å². The van der Waals surface area contributed by atoms with E-state index in [1.54, 1.807) is 0 Å². The predicted molar refractivity (Wildman–Crippen MR) is 138 cm³/mol. The Hall–Kier alpha value is -3.46. The molecule has 4 aromatic rings. The van der Waals surface area contributed by atoms with E-state index >= 15 is 0 Å². The van der Waals surface area contributed by atoms with Gasteiger partial charge < -0.3 is 10.4 Å². The number of aromatic nitrogens is 2. The summed E-state index contributed by atoms with van der Waals surface area (Å²) in [5.41, 5.74) is 5.55. The smallest absolute Gasteiger partial charge is 0.475 e. The number of hydrogen-bond donors (Lipinski definition) is 2. The monoisotopic (exact) mass is 515 g/mol. The molecule has 0 spiro atoms. The molecule has 0 aliphatic rings. The minimum absolute atomic E-state index is 0.627. The van der Waals surface area contributed by atoms with Gasteiger partial charge in [-0.15, -0.1) is 11.8 Å². The number of nitrogens with zero attached hydrogens (tertiary/aromatic N) is 2. The van der Waals surface area contributed by atoms with Gasteiger partial charge in [0, 0.05) is 28.5 Å². The van der Waals surface area contributed by atoms with Crippen molar-refractivity contribution in [3.05, 3.63) is 84.1 Å². The van der Waals surface area contributed by atoms with Crippen LogP contribution in [0.1, 0.15) is 31.4 Å². The highest BCUT2D eigenvalue weighted by Gasteiger charge is 2.38. The molecule has 5 nitrogen and oxygen atoms in total. The molecule has 0 saturated carbocycles. The highest BCUT2D eigenvalue weighted by molar-refractivity contribution is 7.99. The van der Waals surface area contributed by atoms with Crippen LogP contribution in [0.4, 0.5) is 19.0 Å². The number of nitrogens with one attached hydrogen (secondary N) is 1. The Kier molecular flexibility index (Phi) is 9.03. The quantitative estimate of drug-likeness (QED) is 0.250. The molecule has 4 rings (SSSR count). The van der Waals surface area contributed by atoms with E-state index < -0.39 is 12.1 Å². The van der Waals surface area contributed by atoms with Crippen LogP contribution in [-0.4, -0.2) is 31.9 Å². The number of halogens is 3. The molecule has 36 heavy (non-hydrogen) atoms. The largest absolute Gasteiger partial charge is 0.490 e. The molecule has 0 aliphatic carbocycles. The van der Waals surface area contributed by atoms with Crippen LogP contribution in [0, 0.1) is 6.92 Å². The van der Waals surface area contributed by atoms with Crippen LogP contribution in [0.5, 0.6) is 0 Å². The van der Waals surface area contributed by atoms with E-state index in [1.807, 2.05) is 17.8 Å². The van der Waals surface area contributed by atoms with Crippen LogP contribution in [-0.2, 0) is 11.3 Å². The van der Waals surface area contributed by atoms with Crippen molar-refractivity contribution >= 4 is 29.2 Å². The number of hydrogen-bond acceptors (Lipinski definition) is 4. The second-order valence-electron chi connectivity index (χ2n) is 8.25. The average Bonchev–Trinajstić information content (AvgIpc) is 3.21. The number of rotatable bonds is 7. The fourth-order valence-electron chi connectivity index (χ4n) is 3.31. The van der Waals surface area contributed by atoms with E-state index in [4.69, 9.17) is 14.9 Å². The van der Waals surface area contributed by atoms with Crippen LogP contribution in [0.2, 0.25) is 0 Å². The van der Waals surface area contributed by atoms with Gasteiger partial charge in [0.1, 0.15) is 17.2 Å². The standard InChI is InChI=1S/C25H27N3S.C2HF3O2/c1-4-19(3)29-22-13-11-21(12-14-22)24-25(26-16-20-8-6-5-7-9-20)28-17-18(2)10-15-23(28)27-24;3-2(4,5)1(6)7/h5-15,17,19,26H,4,16H2,1-3H3;(H,6,7). The summed E-state index contributed by atoms with van der Waals surface area (Å²) in [5.74, 6) is -1.72. The van der Waals surface area contributed by atoms with Gasteiger partial charge in [-0.05, 0) is 42.7 Å². The minimum Gasteiger partial charge on any atom is -0.475 e. The van der Waals surface area contributed by atoms with Crippen LogP contribution < -0.4 is 5.32 Å². The Morgan fingerprint density at radius 1 is 1.08 bits per heavy atom. The van der Waals surface area contributed by atoms with Gasteiger partial charge in [-0.1, -0.05) is 62.4 Å². The summed E-state index contributed by atoms with van der Waals surface area (Å²) >= 11 is 1.92. The summed E-state index contributed by atoms with van der Waals surface area (Å²) in [4.78, 5) is 15.1. The molecule has 1 unspecified atom stereocenters. The summed E-state index contributed by atoms with van der Waals surface area (Å²) < 4.78 is 33.9. The third kappa shape index (κ3) is 7.27. The van der Waals surface area contributed by atoms with Crippen molar-refractivity contribution in [3.8, 4) is 11.3 Å². The summed E-state index contributed by atoms with van der Waals surface area (Å²) in [7, 11) is 0. The number of carboxylic acids is 1. The first kappa shape index (κ1) is 27.1. The lowest BCUT2D eigenvalue weighted by atomic mass is 10.1. The number of alkyl halides is 3. The number of anilines is 1. The van der Waals surface area contributed by atoms with Gasteiger partial charge in [-0.3, -0.25) is 4.40 Å². The van der Waals surface area contributed by atoms with E-state index in [-0.39, 0.29) is 0 Å². The molecule has 0 aliphatic heterocycles. The van der Waals surface area contributed by atoms with E-state index in [0.29, 0.717) is 5.25 Å². The number of benzene rings is 2. The zero-order valence-electron chi connectivity index (χ0n) is 20.2. The maximum absolute atomic E-state index is 10.6. The lowest BCUT2D eigenvalue weighted by Crippen LogP contribution is -2.21. The first-order chi connectivity index (χ1) is 17.1. The summed E-state index contributed by atoms with van der Waals surface area (Å²) in [5, 5.41) is 11.4. The Labute approximate surface area is 212 Å². The van der Waals surface area contributed by atoms with Gasteiger partial charge in [0.25, 0.3) is 0 Å². The number of pyridine rings is 1. The van der Waals surface area contributed by atoms with Gasteiger partial charge in [0.05, 0.1) is 0 Å². The first-order valence-electron chi connectivity index (χ1n) is 11.4. The fraction of sp³-hybridized carbons (Fsp3) is 0.259. The molecule has 0 bridgehead atoms. The highest BCUT2D eigenvalue weighted by atomic mass is 32.2. The molecule has 2 aromatic heterocycles. The van der Waals surface area contributed by atoms with Crippen molar-refractivity contribution in [2.24, 2.45) is 0 Å². The normalized spacial score (nSPS) is 12.1. The van der Waals surface area contributed by atoms with Gasteiger partial charge in [0.15, 0.2) is 0 Å². The van der Waals surface area contributed by atoms with Gasteiger partial charge in [0.2, 0.25) is 0 Å². The third-order valence-electron chi connectivity index (χ3n) is 5.35. The van der Waals surface area contributed by atoms with Crippen LogP contribution in [0.25, 0.3) is 16.9 Å². The summed E-state index contributed by atoms with van der Waals surface area (Å²) in [6.07, 6.45) is -1.77. The van der Waals surface area contributed by atoms with Crippen LogP contribution in [0.15, 0.2) is 77.8 Å². The van der Waals surface area contributed by atoms with Gasteiger partial charge in [-0.2, -0.15) is 13.2 Å². The molecule has 0 radical (unpaired) electrons. The number of thioether (sulfide) groups is 1. The second kappa shape index (κ2) is 12.0. The molecule has 2 aromatic carbocycles. The molecule has 0 fully saturated rings. The van der Waals surface area contributed by atoms with Crippen molar-refractivity contribution < 1.29 is 23.1 Å². The number of aryl methyl sites for hydroxylation is 1. The second-order valence-corrected chi connectivity index (χ2v) is 9.76. The van der Waals surface area contributed by atoms with E-state index in [0.717, 1.165) is 29.3 Å². The van der Waals surface area contributed by atoms with Crippen LogP contribution >= 0.6 is 11.8 Å². The van der Waals surface area contributed by atoms with Crippen molar-refractivity contribution in [3.63, 3.8) is 0 Å². The maximum Gasteiger partial charge on any atom is 0.490 e. The summed E-state index contributed by atoms with van der Waals surface area (Å²) in [6, 6.07) is 23.5. The molecule has 1 atom stereocenters. The van der Waals surface area contributed by atoms with E-state index in [1.165, 1.54) is 22.4 Å². The maximum atomic E-state index is 10.6. The van der Waals surface area contributed by atoms with E-state index in [9.17, 15) is 13.2 Å². The molecule has 0 amide bonds. The van der Waals surface area contributed by atoms with E-state index in [2.05, 4.69) is 97.3 Å². The number of aliphatic carboxylic acids is 1. The lowest BCUT2D eigenvalue weighted by molar-refractivity contribution is -0.192. The molecular weight excluding hydrogens is 487 g/mol. The number of carbonyl (C=O) groups is 1. The number of imidazole rings is 1. The van der Waals surface area contributed by atoms with Gasteiger partial charge >= 0.3 is 12.1 Å². The van der Waals surface area contributed by atoms with Crippen molar-refractivity contribution in [1.29, 1.82) is 0 Å². The molecule has 9 heteroatoms. The zero-order chi connectivity index (χ0) is 26.3. The average molecular weight is 516 g/mol. The van der Waals surface area contributed by atoms with Crippen molar-refractivity contribution in [2.75, 3.05) is 5.32 Å². The third-order valence-corrected chi connectivity index (χ3v) is 6.63. The molecular formula is C27H28F3N3O2S. The van der Waals surface area contributed by atoms with Gasteiger partial charge in [-0.25, -0.2) is 9.78 Å². The van der Waals surface area contributed by atoms with Crippen molar-refractivity contribution in [1.82, 2.24) is 9.38 Å². The molecule has 0 saturated heterocycles. The highest BCUT2D eigenvalue weighted by Crippen LogP contribution is 2.32. The molecule has 2 heterocycles. The number of fused-ring (bicyclic) bond motifs is 1. The minimum atomic E-state index is -5.08. The Morgan fingerprint density at radius 3 is 2.31 bits per heavy atom. The Morgan fingerprint density at radius 2 is 1.72 bits per heavy atom. The number of carboxylic acid groups (broad SMARTS) is 1. The SMILES string of the molecule is CCC(C)Sc1ccc(-c2nc3ccc(C)cn3c2NCc2ccccc2)cc1.O=C(O)C(F)(F)F. The van der Waals surface area contributed by atoms with Crippen molar-refractivity contribution in [2.45, 2.75) is 50.1 Å². The Balaban J connectivity index is 0.000000454. The lowest BCUT2D eigenvalue weighted by Gasteiger charge is -2.11. The molecule has 190 valence electrons. The fourth-order valence-corrected chi connectivity index (χ4v) is 4.23. The Bertz CT molecular complexity index is 1290. The zero-order valence-corrected chi connectivity index (χ0v) is 21.0.